The van der Waals surface area contributed by atoms with Crippen LogP contribution in [-0.4, -0.2) is 16.0 Å². The number of fused-ring (bicyclic) bond motifs is 1. The minimum atomic E-state index is -0.0225. The fourth-order valence-corrected chi connectivity index (χ4v) is 2.54. The van der Waals surface area contributed by atoms with E-state index >= 15 is 0 Å². The van der Waals surface area contributed by atoms with E-state index in [0.717, 1.165) is 22.6 Å². The lowest BCUT2D eigenvalue weighted by atomic mass is 10.1. The summed E-state index contributed by atoms with van der Waals surface area (Å²) in [6, 6.07) is 8.62. The van der Waals surface area contributed by atoms with Crippen LogP contribution in [0.5, 0.6) is 5.75 Å². The van der Waals surface area contributed by atoms with Crippen molar-refractivity contribution < 1.29 is 9.90 Å². The highest BCUT2D eigenvalue weighted by Crippen LogP contribution is 2.30. The molecule has 2 aromatic rings. The van der Waals surface area contributed by atoms with Gasteiger partial charge in [0.2, 0.25) is 0 Å². The summed E-state index contributed by atoms with van der Waals surface area (Å²) in [4.78, 5) is 18.5. The highest BCUT2D eigenvalue weighted by atomic mass is 16.3. The predicted molar refractivity (Wildman–Crippen MR) is 72.3 cm³/mol. The van der Waals surface area contributed by atoms with Crippen molar-refractivity contribution in [2.75, 3.05) is 4.90 Å². The fourth-order valence-electron chi connectivity index (χ4n) is 2.54. The Morgan fingerprint density at radius 2 is 1.89 bits per heavy atom. The maximum absolute atomic E-state index is 12.4. The molecule has 19 heavy (non-hydrogen) atoms. The summed E-state index contributed by atoms with van der Waals surface area (Å²) in [6.07, 6.45) is 0. The van der Waals surface area contributed by atoms with Crippen molar-refractivity contribution in [2.24, 2.45) is 0 Å². The molecular weight excluding hydrogens is 240 g/mol. The van der Waals surface area contributed by atoms with Crippen LogP contribution in [0.1, 0.15) is 27.3 Å². The Kier molecular flexibility index (Phi) is 2.52. The Bertz CT molecular complexity index is 663. The highest BCUT2D eigenvalue weighted by molar-refractivity contribution is 6.10. The van der Waals surface area contributed by atoms with Gasteiger partial charge >= 0.3 is 0 Å². The third-order valence-electron chi connectivity index (χ3n) is 3.36. The lowest BCUT2D eigenvalue weighted by molar-refractivity contribution is 0.0996. The zero-order valence-electron chi connectivity index (χ0n) is 10.8. The van der Waals surface area contributed by atoms with Crippen LogP contribution in [0.4, 0.5) is 5.69 Å². The first kappa shape index (κ1) is 11.7. The molecule has 1 amide bonds. The number of anilines is 1. The molecule has 0 bridgehead atoms. The smallest absolute Gasteiger partial charge is 0.260 e. The lowest BCUT2D eigenvalue weighted by Crippen LogP contribution is -2.23. The maximum Gasteiger partial charge on any atom is 0.260 e. The molecule has 1 N–H and O–H groups in total. The zero-order chi connectivity index (χ0) is 13.6. The third kappa shape index (κ3) is 1.85. The van der Waals surface area contributed by atoms with Crippen molar-refractivity contribution in [3.8, 4) is 5.75 Å². The second-order valence-corrected chi connectivity index (χ2v) is 4.79. The topological polar surface area (TPSA) is 53.4 Å². The average molecular weight is 254 g/mol. The number of amides is 1. The lowest BCUT2D eigenvalue weighted by Gasteiger charge is -2.15. The van der Waals surface area contributed by atoms with Gasteiger partial charge in [0, 0.05) is 11.4 Å². The van der Waals surface area contributed by atoms with E-state index in [1.807, 2.05) is 19.9 Å². The molecule has 0 aliphatic carbocycles. The monoisotopic (exact) mass is 254 g/mol. The van der Waals surface area contributed by atoms with Crippen molar-refractivity contribution >= 4 is 11.6 Å². The van der Waals surface area contributed by atoms with Gasteiger partial charge in [0.1, 0.15) is 5.75 Å². The first-order valence-electron chi connectivity index (χ1n) is 6.14. The van der Waals surface area contributed by atoms with E-state index in [4.69, 9.17) is 0 Å². The molecule has 1 aromatic heterocycles. The number of phenols is 1. The van der Waals surface area contributed by atoms with E-state index in [2.05, 4.69) is 4.98 Å². The molecule has 0 spiro atoms. The van der Waals surface area contributed by atoms with E-state index < -0.39 is 0 Å². The van der Waals surface area contributed by atoms with E-state index in [-0.39, 0.29) is 11.7 Å². The first-order valence-corrected chi connectivity index (χ1v) is 6.14. The van der Waals surface area contributed by atoms with Crippen LogP contribution in [0.15, 0.2) is 30.3 Å². The van der Waals surface area contributed by atoms with Gasteiger partial charge in [-0.2, -0.15) is 0 Å². The molecule has 1 aromatic carbocycles. The van der Waals surface area contributed by atoms with Crippen LogP contribution in [-0.2, 0) is 6.54 Å². The van der Waals surface area contributed by atoms with Crippen molar-refractivity contribution in [3.63, 3.8) is 0 Å². The molecule has 0 atom stereocenters. The fraction of sp³-hybridized carbons (Fsp3) is 0.200. The van der Waals surface area contributed by atoms with E-state index in [0.29, 0.717) is 12.1 Å². The molecule has 0 saturated heterocycles. The van der Waals surface area contributed by atoms with Gasteiger partial charge in [0.05, 0.1) is 17.8 Å². The molecule has 3 rings (SSSR count). The van der Waals surface area contributed by atoms with Crippen LogP contribution >= 0.6 is 0 Å². The Morgan fingerprint density at radius 1 is 1.21 bits per heavy atom. The van der Waals surface area contributed by atoms with Crippen molar-refractivity contribution in [3.05, 3.63) is 52.8 Å². The Morgan fingerprint density at radius 3 is 2.58 bits per heavy atom. The summed E-state index contributed by atoms with van der Waals surface area (Å²) in [5.41, 5.74) is 4.22. The highest BCUT2D eigenvalue weighted by Gasteiger charge is 2.30. The number of nitrogens with zero attached hydrogens (tertiary/aromatic N) is 2. The van der Waals surface area contributed by atoms with E-state index in [9.17, 15) is 9.90 Å². The van der Waals surface area contributed by atoms with Gasteiger partial charge in [-0.25, -0.2) is 0 Å². The van der Waals surface area contributed by atoms with Gasteiger partial charge < -0.3 is 10.0 Å². The number of carbonyl (C=O) groups excluding carboxylic acids is 1. The molecule has 1 aliphatic heterocycles. The number of aromatic nitrogens is 1. The first-order chi connectivity index (χ1) is 9.06. The number of hydrogen-bond acceptors (Lipinski definition) is 3. The van der Waals surface area contributed by atoms with E-state index in [1.54, 1.807) is 29.2 Å². The van der Waals surface area contributed by atoms with Crippen molar-refractivity contribution in [2.45, 2.75) is 20.4 Å². The van der Waals surface area contributed by atoms with Gasteiger partial charge in [-0.15, -0.1) is 0 Å². The molecule has 4 nitrogen and oxygen atoms in total. The van der Waals surface area contributed by atoms with E-state index in [1.165, 1.54) is 0 Å². The predicted octanol–water partition coefficient (Wildman–Crippen LogP) is 2.56. The quantitative estimate of drug-likeness (QED) is 0.851. The molecule has 1 aliphatic rings. The molecule has 0 unspecified atom stereocenters. The zero-order valence-corrected chi connectivity index (χ0v) is 10.8. The minimum absolute atomic E-state index is 0.0225. The molecule has 4 heteroatoms. The molecule has 0 radical (unpaired) electrons. The van der Waals surface area contributed by atoms with Crippen LogP contribution in [0.3, 0.4) is 0 Å². The summed E-state index contributed by atoms with van der Waals surface area (Å²) < 4.78 is 0. The van der Waals surface area contributed by atoms with Crippen LogP contribution in [0, 0.1) is 13.8 Å². The van der Waals surface area contributed by atoms with Crippen LogP contribution in [0.2, 0.25) is 0 Å². The SMILES string of the molecule is Cc1cc2c(c(C)n1)C(=O)N(c1ccc(O)cc1)C2. The van der Waals surface area contributed by atoms with Crippen molar-refractivity contribution in [1.82, 2.24) is 4.98 Å². The summed E-state index contributed by atoms with van der Waals surface area (Å²) in [5, 5.41) is 9.31. The number of aromatic hydroxyl groups is 1. The second-order valence-electron chi connectivity index (χ2n) is 4.79. The molecular formula is C15H14N2O2. The molecule has 0 saturated carbocycles. The Hall–Kier alpha value is -2.36. The number of hydrogen-bond donors (Lipinski definition) is 1. The summed E-state index contributed by atoms with van der Waals surface area (Å²) >= 11 is 0. The third-order valence-corrected chi connectivity index (χ3v) is 3.36. The number of carbonyl (C=O) groups is 1. The normalized spacial score (nSPS) is 13.8. The van der Waals surface area contributed by atoms with Gasteiger partial charge in [-0.1, -0.05) is 0 Å². The largest absolute Gasteiger partial charge is 0.508 e. The van der Waals surface area contributed by atoms with Gasteiger partial charge in [-0.05, 0) is 49.7 Å². The van der Waals surface area contributed by atoms with Gasteiger partial charge in [0.25, 0.3) is 5.91 Å². The number of rotatable bonds is 1. The summed E-state index contributed by atoms with van der Waals surface area (Å²) in [5.74, 6) is 0.173. The second kappa shape index (κ2) is 4.09. The minimum Gasteiger partial charge on any atom is -0.508 e. The average Bonchev–Trinajstić information content (AvgIpc) is 2.67. The van der Waals surface area contributed by atoms with Crippen molar-refractivity contribution in [1.29, 1.82) is 0 Å². The molecule has 0 fully saturated rings. The van der Waals surface area contributed by atoms with Crippen LogP contribution < -0.4 is 4.90 Å². The standard InChI is InChI=1S/C15H14N2O2/c1-9-7-11-8-17(12-3-5-13(18)6-4-12)15(19)14(11)10(2)16-9/h3-7,18H,8H2,1-2H3. The van der Waals surface area contributed by atoms with Gasteiger partial charge in [-0.3, -0.25) is 9.78 Å². The molecule has 2 heterocycles. The molecule has 96 valence electrons. The number of benzene rings is 1. The van der Waals surface area contributed by atoms with Crippen LogP contribution in [0.25, 0.3) is 0 Å². The number of aryl methyl sites for hydroxylation is 2. The Labute approximate surface area is 111 Å². The summed E-state index contributed by atoms with van der Waals surface area (Å²) in [6.45, 7) is 4.36. The number of pyridine rings is 1. The van der Waals surface area contributed by atoms with Gasteiger partial charge in [0.15, 0.2) is 0 Å². The Balaban J connectivity index is 2.04. The number of phenolic OH excluding ortho intramolecular Hbond substituents is 1. The maximum atomic E-state index is 12.4. The summed E-state index contributed by atoms with van der Waals surface area (Å²) in [7, 11) is 0.